The minimum Gasteiger partial charge on any atom is -0.497 e. The minimum atomic E-state index is -0.394. The third-order valence-electron chi connectivity index (χ3n) is 4.43. The lowest BCUT2D eigenvalue weighted by Gasteiger charge is -2.32. The van der Waals surface area contributed by atoms with E-state index in [4.69, 9.17) is 10.3 Å². The fraction of sp³-hybridized carbons (Fsp3) is 0.278. The van der Waals surface area contributed by atoms with Gasteiger partial charge >= 0.3 is 0 Å². The number of azide groups is 1. The molecule has 0 aliphatic heterocycles. The van der Waals surface area contributed by atoms with Crippen molar-refractivity contribution in [1.29, 1.82) is 0 Å². The quantitative estimate of drug-likeness (QED) is 0.483. The van der Waals surface area contributed by atoms with E-state index >= 15 is 0 Å². The SMILES string of the molecule is COc1ccc2c(c1)[C@@H](c1ccccc1)[C@H](C(=O)N=[N+]=[N-])CC2. The summed E-state index contributed by atoms with van der Waals surface area (Å²) in [5.74, 6) is -0.0858. The van der Waals surface area contributed by atoms with E-state index in [1.807, 2.05) is 42.5 Å². The van der Waals surface area contributed by atoms with Gasteiger partial charge in [0.1, 0.15) is 5.75 Å². The fourth-order valence-corrected chi connectivity index (χ4v) is 3.37. The maximum atomic E-state index is 12.3. The van der Waals surface area contributed by atoms with Crippen molar-refractivity contribution < 1.29 is 9.53 Å². The summed E-state index contributed by atoms with van der Waals surface area (Å²) in [6, 6.07) is 15.9. The first-order valence-corrected chi connectivity index (χ1v) is 7.55. The van der Waals surface area contributed by atoms with E-state index in [0.29, 0.717) is 6.42 Å². The highest BCUT2D eigenvalue weighted by Crippen LogP contribution is 2.42. The standard InChI is InChI=1S/C18H17N3O2/c1-23-14-9-7-12-8-10-15(18(22)20-21-19)17(16(12)11-14)13-5-3-2-4-6-13/h2-7,9,11,15,17H,8,10H2,1H3/t15-,17+/m1/s1. The van der Waals surface area contributed by atoms with Gasteiger partial charge in [0, 0.05) is 16.7 Å². The van der Waals surface area contributed by atoms with Crippen LogP contribution in [0, 0.1) is 5.92 Å². The summed E-state index contributed by atoms with van der Waals surface area (Å²) >= 11 is 0. The molecule has 1 aliphatic carbocycles. The lowest BCUT2D eigenvalue weighted by Crippen LogP contribution is -2.27. The van der Waals surface area contributed by atoms with Gasteiger partial charge in [-0.15, -0.1) is 0 Å². The first-order chi connectivity index (χ1) is 11.2. The first kappa shape index (κ1) is 15.1. The lowest BCUT2D eigenvalue weighted by atomic mass is 9.71. The molecule has 2 aromatic rings. The molecule has 1 amide bonds. The first-order valence-electron chi connectivity index (χ1n) is 7.55. The number of hydrogen-bond acceptors (Lipinski definition) is 2. The van der Waals surface area contributed by atoms with Gasteiger partial charge in [-0.2, -0.15) is 0 Å². The van der Waals surface area contributed by atoms with Gasteiger partial charge in [-0.3, -0.25) is 4.79 Å². The molecule has 0 saturated heterocycles. The summed E-state index contributed by atoms with van der Waals surface area (Å²) in [7, 11) is 1.63. The Bertz CT molecular complexity index is 767. The normalized spacial score (nSPS) is 19.3. The van der Waals surface area contributed by atoms with Gasteiger partial charge in [0.05, 0.1) is 7.11 Å². The van der Waals surface area contributed by atoms with Gasteiger partial charge in [0.15, 0.2) is 0 Å². The van der Waals surface area contributed by atoms with Crippen molar-refractivity contribution in [3.63, 3.8) is 0 Å². The number of fused-ring (bicyclic) bond motifs is 1. The van der Waals surface area contributed by atoms with E-state index in [-0.39, 0.29) is 11.8 Å². The van der Waals surface area contributed by atoms with Crippen LogP contribution in [0.2, 0.25) is 0 Å². The van der Waals surface area contributed by atoms with Crippen molar-refractivity contribution in [2.75, 3.05) is 7.11 Å². The van der Waals surface area contributed by atoms with E-state index in [9.17, 15) is 4.79 Å². The Balaban J connectivity index is 2.14. The number of aryl methyl sites for hydroxylation is 1. The number of carbonyl (C=O) groups is 1. The monoisotopic (exact) mass is 307 g/mol. The van der Waals surface area contributed by atoms with E-state index in [1.54, 1.807) is 7.11 Å². The number of methoxy groups -OCH3 is 1. The molecule has 0 bridgehead atoms. The third-order valence-corrected chi connectivity index (χ3v) is 4.43. The second kappa shape index (κ2) is 6.55. The molecule has 5 heteroatoms. The van der Waals surface area contributed by atoms with Crippen LogP contribution in [-0.4, -0.2) is 13.0 Å². The fourth-order valence-electron chi connectivity index (χ4n) is 3.37. The summed E-state index contributed by atoms with van der Waals surface area (Å²) in [5, 5.41) is 3.35. The van der Waals surface area contributed by atoms with Crippen LogP contribution in [0.3, 0.4) is 0 Å². The van der Waals surface area contributed by atoms with Crippen molar-refractivity contribution in [2.45, 2.75) is 18.8 Å². The summed E-state index contributed by atoms with van der Waals surface area (Å²) < 4.78 is 5.34. The van der Waals surface area contributed by atoms with Gasteiger partial charge in [0.2, 0.25) is 5.91 Å². The molecule has 0 N–H and O–H groups in total. The number of benzene rings is 2. The predicted molar refractivity (Wildman–Crippen MR) is 87.2 cm³/mol. The van der Waals surface area contributed by atoms with Gasteiger partial charge in [-0.1, -0.05) is 36.4 Å². The molecular weight excluding hydrogens is 290 g/mol. The molecule has 5 nitrogen and oxygen atoms in total. The van der Waals surface area contributed by atoms with Crippen LogP contribution in [0.15, 0.2) is 53.6 Å². The van der Waals surface area contributed by atoms with Gasteiger partial charge in [-0.05, 0) is 52.3 Å². The average Bonchev–Trinajstić information content (AvgIpc) is 2.61. The van der Waals surface area contributed by atoms with Crippen LogP contribution in [0.4, 0.5) is 0 Å². The van der Waals surface area contributed by atoms with E-state index in [0.717, 1.165) is 23.3 Å². The number of ether oxygens (including phenoxy) is 1. The summed E-state index contributed by atoms with van der Waals surface area (Å²) in [5.41, 5.74) is 12.0. The molecule has 0 heterocycles. The zero-order valence-corrected chi connectivity index (χ0v) is 12.8. The van der Waals surface area contributed by atoms with E-state index in [2.05, 4.69) is 16.1 Å². The second-order valence-electron chi connectivity index (χ2n) is 5.63. The Morgan fingerprint density at radius 2 is 2.04 bits per heavy atom. The Labute approximate surface area is 134 Å². The van der Waals surface area contributed by atoms with E-state index < -0.39 is 5.91 Å². The highest BCUT2D eigenvalue weighted by atomic mass is 16.5. The number of rotatable bonds is 3. The van der Waals surface area contributed by atoms with Crippen molar-refractivity contribution in [3.8, 4) is 5.75 Å². The number of nitrogens with zero attached hydrogens (tertiary/aromatic N) is 3. The zero-order chi connectivity index (χ0) is 16.2. The molecule has 3 rings (SSSR count). The smallest absolute Gasteiger partial charge is 0.222 e. The Morgan fingerprint density at radius 3 is 2.74 bits per heavy atom. The largest absolute Gasteiger partial charge is 0.497 e. The number of hydrogen-bond donors (Lipinski definition) is 0. The Kier molecular flexibility index (Phi) is 4.31. The molecule has 0 aromatic heterocycles. The van der Waals surface area contributed by atoms with Crippen molar-refractivity contribution in [2.24, 2.45) is 11.0 Å². The third kappa shape index (κ3) is 2.91. The topological polar surface area (TPSA) is 75.1 Å². The van der Waals surface area contributed by atoms with Crippen LogP contribution >= 0.6 is 0 Å². The van der Waals surface area contributed by atoms with Gasteiger partial charge < -0.3 is 4.74 Å². The van der Waals surface area contributed by atoms with Crippen LogP contribution in [0.5, 0.6) is 5.75 Å². The van der Waals surface area contributed by atoms with Crippen LogP contribution in [-0.2, 0) is 11.2 Å². The molecule has 116 valence electrons. The molecule has 0 fully saturated rings. The minimum absolute atomic E-state index is 0.118. The number of amides is 1. The van der Waals surface area contributed by atoms with Crippen LogP contribution in [0.25, 0.3) is 10.4 Å². The van der Waals surface area contributed by atoms with E-state index in [1.165, 1.54) is 5.56 Å². The predicted octanol–water partition coefficient (Wildman–Crippen LogP) is 4.23. The average molecular weight is 307 g/mol. The summed E-state index contributed by atoms with van der Waals surface area (Å²) in [6.07, 6.45) is 1.47. The zero-order valence-electron chi connectivity index (χ0n) is 12.8. The molecule has 0 radical (unpaired) electrons. The van der Waals surface area contributed by atoms with Crippen molar-refractivity contribution in [3.05, 3.63) is 75.7 Å². The van der Waals surface area contributed by atoms with Gasteiger partial charge in [0.25, 0.3) is 0 Å². The molecule has 1 aliphatic rings. The number of carbonyl (C=O) groups excluding carboxylic acids is 1. The molecule has 2 aromatic carbocycles. The van der Waals surface area contributed by atoms with Gasteiger partial charge in [-0.25, -0.2) is 0 Å². The highest BCUT2D eigenvalue weighted by Gasteiger charge is 2.35. The molecule has 0 unspecified atom stereocenters. The van der Waals surface area contributed by atoms with Crippen LogP contribution in [0.1, 0.15) is 29.0 Å². The highest BCUT2D eigenvalue weighted by molar-refractivity contribution is 5.81. The maximum absolute atomic E-state index is 12.3. The second-order valence-corrected chi connectivity index (χ2v) is 5.63. The van der Waals surface area contributed by atoms with Crippen LogP contribution < -0.4 is 4.74 Å². The molecule has 23 heavy (non-hydrogen) atoms. The Morgan fingerprint density at radius 1 is 1.26 bits per heavy atom. The molecule has 0 saturated carbocycles. The molecule has 2 atom stereocenters. The molecular formula is C18H17N3O2. The maximum Gasteiger partial charge on any atom is 0.222 e. The lowest BCUT2D eigenvalue weighted by molar-refractivity contribution is -0.122. The molecule has 0 spiro atoms. The van der Waals surface area contributed by atoms with Crippen molar-refractivity contribution >= 4 is 5.91 Å². The summed E-state index contributed by atoms with van der Waals surface area (Å²) in [4.78, 5) is 15.0. The summed E-state index contributed by atoms with van der Waals surface area (Å²) in [6.45, 7) is 0. The van der Waals surface area contributed by atoms with Crippen molar-refractivity contribution in [1.82, 2.24) is 0 Å². The Hall–Kier alpha value is -2.78.